The normalized spacial score (nSPS) is 14.3. The first-order valence-electron chi connectivity index (χ1n) is 20.3. The first-order chi connectivity index (χ1) is 22.3. The highest BCUT2D eigenvalue weighted by Gasteiger charge is 2.17. The molecule has 4 unspecified atom stereocenters. The van der Waals surface area contributed by atoms with Crippen molar-refractivity contribution in [2.45, 2.75) is 232 Å². The lowest BCUT2D eigenvalue weighted by molar-refractivity contribution is -0.123. The summed E-state index contributed by atoms with van der Waals surface area (Å²) >= 11 is 0. The lowest BCUT2D eigenvalue weighted by Crippen LogP contribution is -2.24. The molecule has 0 fully saturated rings. The molecule has 0 saturated heterocycles. The number of amides is 2. The van der Waals surface area contributed by atoms with Crippen molar-refractivity contribution in [3.8, 4) is 0 Å². The summed E-state index contributed by atoms with van der Waals surface area (Å²) in [5.74, 6) is -0.476. The quantitative estimate of drug-likeness (QED) is 0.0498. The number of primary amides is 2. The predicted molar refractivity (Wildman–Crippen MR) is 196 cm³/mol. The number of nitrogens with two attached hydrogens (primary N) is 2. The zero-order chi connectivity index (χ0) is 34.1. The number of aliphatic hydroxyl groups excluding tert-OH is 2. The van der Waals surface area contributed by atoms with Gasteiger partial charge in [-0.15, -0.1) is 0 Å². The van der Waals surface area contributed by atoms with E-state index in [9.17, 15) is 19.8 Å². The second kappa shape index (κ2) is 33.7. The summed E-state index contributed by atoms with van der Waals surface area (Å²) in [5.41, 5.74) is 11.4. The van der Waals surface area contributed by atoms with E-state index in [1.807, 2.05) is 0 Å². The van der Waals surface area contributed by atoms with E-state index in [1.54, 1.807) is 0 Å². The van der Waals surface area contributed by atoms with Gasteiger partial charge in [0.05, 0.1) is 12.2 Å². The Hall–Kier alpha value is -1.14. The molecule has 0 bridgehead atoms. The highest BCUT2D eigenvalue weighted by Crippen LogP contribution is 2.23. The molecule has 0 aliphatic carbocycles. The maximum absolute atomic E-state index is 12.0. The molecule has 6 nitrogen and oxygen atoms in total. The van der Waals surface area contributed by atoms with Crippen LogP contribution >= 0.6 is 0 Å². The van der Waals surface area contributed by atoms with Crippen molar-refractivity contribution in [1.82, 2.24) is 0 Å². The predicted octanol–water partition coefficient (Wildman–Crippen LogP) is 10.4. The van der Waals surface area contributed by atoms with Gasteiger partial charge in [0, 0.05) is 11.8 Å². The third-order valence-electron chi connectivity index (χ3n) is 10.1. The fraction of sp³-hybridized carbons (Fsp3) is 0.950. The molecule has 0 aromatic heterocycles. The summed E-state index contributed by atoms with van der Waals surface area (Å²) < 4.78 is 0. The van der Waals surface area contributed by atoms with E-state index in [4.69, 9.17) is 11.5 Å². The molecule has 0 aliphatic rings. The first kappa shape index (κ1) is 44.9. The summed E-state index contributed by atoms with van der Waals surface area (Å²) in [6.45, 7) is 4.44. The largest absolute Gasteiger partial charge is 0.393 e. The van der Waals surface area contributed by atoms with Crippen molar-refractivity contribution >= 4 is 11.8 Å². The first-order valence-corrected chi connectivity index (χ1v) is 20.3. The van der Waals surface area contributed by atoms with E-state index in [-0.39, 0.29) is 35.9 Å². The lowest BCUT2D eigenvalue weighted by Gasteiger charge is -2.16. The van der Waals surface area contributed by atoms with E-state index in [0.717, 1.165) is 116 Å². The van der Waals surface area contributed by atoms with Crippen LogP contribution in [0.5, 0.6) is 0 Å². The van der Waals surface area contributed by atoms with Crippen molar-refractivity contribution in [2.75, 3.05) is 0 Å². The van der Waals surface area contributed by atoms with E-state index >= 15 is 0 Å². The average molecular weight is 653 g/mol. The van der Waals surface area contributed by atoms with Gasteiger partial charge < -0.3 is 21.7 Å². The highest BCUT2D eigenvalue weighted by atomic mass is 16.3. The Kier molecular flexibility index (Phi) is 32.9. The molecule has 2 amide bonds. The molecule has 4 atom stereocenters. The van der Waals surface area contributed by atoms with Crippen molar-refractivity contribution in [3.63, 3.8) is 0 Å². The molecule has 0 spiro atoms. The van der Waals surface area contributed by atoms with Crippen LogP contribution in [0.1, 0.15) is 219 Å². The van der Waals surface area contributed by atoms with Crippen LogP contribution in [0.4, 0.5) is 0 Å². The van der Waals surface area contributed by atoms with Crippen LogP contribution in [0.15, 0.2) is 0 Å². The van der Waals surface area contributed by atoms with Gasteiger partial charge in [-0.2, -0.15) is 0 Å². The second-order valence-corrected chi connectivity index (χ2v) is 14.6. The van der Waals surface area contributed by atoms with Gasteiger partial charge in [-0.05, 0) is 51.4 Å². The van der Waals surface area contributed by atoms with E-state index in [1.165, 1.54) is 89.9 Å². The molecule has 0 aliphatic heterocycles. The van der Waals surface area contributed by atoms with Gasteiger partial charge in [-0.25, -0.2) is 0 Å². The number of hydrogen-bond acceptors (Lipinski definition) is 4. The van der Waals surface area contributed by atoms with E-state index in [0.29, 0.717) is 0 Å². The molecule has 6 N–H and O–H groups in total. The summed E-state index contributed by atoms with van der Waals surface area (Å²) in [5, 5.41) is 20.2. The van der Waals surface area contributed by atoms with Gasteiger partial charge in [-0.3, -0.25) is 9.59 Å². The number of unbranched alkanes of at least 4 members (excludes halogenated alkanes) is 19. The number of hydrogen-bond donors (Lipinski definition) is 4. The van der Waals surface area contributed by atoms with Gasteiger partial charge in [0.2, 0.25) is 11.8 Å². The fourth-order valence-corrected chi connectivity index (χ4v) is 6.85. The van der Waals surface area contributed by atoms with Crippen molar-refractivity contribution in [2.24, 2.45) is 23.3 Å². The Labute approximate surface area is 286 Å². The van der Waals surface area contributed by atoms with Crippen molar-refractivity contribution in [1.29, 1.82) is 0 Å². The van der Waals surface area contributed by atoms with Gasteiger partial charge in [0.1, 0.15) is 0 Å². The molecule has 0 aromatic rings. The van der Waals surface area contributed by atoms with Gasteiger partial charge in [0.15, 0.2) is 0 Å². The summed E-state index contributed by atoms with van der Waals surface area (Å²) in [4.78, 5) is 24.0. The number of rotatable bonds is 37. The van der Waals surface area contributed by atoms with Crippen molar-refractivity contribution < 1.29 is 19.8 Å². The second-order valence-electron chi connectivity index (χ2n) is 14.6. The average Bonchev–Trinajstić information content (AvgIpc) is 3.03. The summed E-state index contributed by atoms with van der Waals surface area (Å²) in [6.07, 6.45) is 35.0. The Bertz CT molecular complexity index is 618. The standard InChI is InChI=1S/C40H80N2O4/c1-3-5-7-21-31-37(43)33-23-17-13-9-11-15-19-27-35(39(41)45)29-25-26-30-36(40(42)46)28-20-16-12-10-14-18-24-34-38(44)32-22-8-6-4-2/h35-38,43-44H,3-34H2,1-2H3,(H2,41,45)(H2,42,46). The Morgan fingerprint density at radius 3 is 0.804 bits per heavy atom. The van der Waals surface area contributed by atoms with Crippen LogP contribution in [0.25, 0.3) is 0 Å². The summed E-state index contributed by atoms with van der Waals surface area (Å²) in [6, 6.07) is 0. The summed E-state index contributed by atoms with van der Waals surface area (Å²) in [7, 11) is 0. The molecular formula is C40H80N2O4. The maximum Gasteiger partial charge on any atom is 0.220 e. The Morgan fingerprint density at radius 2 is 0.565 bits per heavy atom. The zero-order valence-corrected chi connectivity index (χ0v) is 30.8. The molecule has 274 valence electrons. The van der Waals surface area contributed by atoms with Gasteiger partial charge in [-0.1, -0.05) is 168 Å². The molecule has 0 rings (SSSR count). The minimum atomic E-state index is -0.182. The van der Waals surface area contributed by atoms with Crippen LogP contribution in [-0.2, 0) is 9.59 Å². The minimum absolute atomic E-state index is 0.0556. The fourth-order valence-electron chi connectivity index (χ4n) is 6.85. The highest BCUT2D eigenvalue weighted by molar-refractivity contribution is 5.77. The number of carbonyl (C=O) groups is 2. The van der Waals surface area contributed by atoms with Gasteiger partial charge >= 0.3 is 0 Å². The molecular weight excluding hydrogens is 572 g/mol. The molecule has 0 saturated carbocycles. The zero-order valence-electron chi connectivity index (χ0n) is 30.8. The van der Waals surface area contributed by atoms with Crippen LogP contribution in [0.3, 0.4) is 0 Å². The Balaban J connectivity index is 3.81. The molecule has 0 radical (unpaired) electrons. The van der Waals surface area contributed by atoms with E-state index in [2.05, 4.69) is 13.8 Å². The van der Waals surface area contributed by atoms with E-state index < -0.39 is 0 Å². The maximum atomic E-state index is 12.0. The molecule has 0 aromatic carbocycles. The molecule has 0 heterocycles. The smallest absolute Gasteiger partial charge is 0.220 e. The third-order valence-corrected chi connectivity index (χ3v) is 10.1. The lowest BCUT2D eigenvalue weighted by atomic mass is 9.90. The van der Waals surface area contributed by atoms with Crippen LogP contribution in [0, 0.1) is 11.8 Å². The van der Waals surface area contributed by atoms with Crippen LogP contribution in [0.2, 0.25) is 0 Å². The van der Waals surface area contributed by atoms with Gasteiger partial charge in [0.25, 0.3) is 0 Å². The van der Waals surface area contributed by atoms with Crippen molar-refractivity contribution in [3.05, 3.63) is 0 Å². The molecule has 6 heteroatoms. The van der Waals surface area contributed by atoms with Crippen LogP contribution < -0.4 is 11.5 Å². The SMILES string of the molecule is CCCCCCC(O)CCCCCCCCCC(CCCCC(CCCCCCCCCC(O)CCCCCC)C(N)=O)C(N)=O. The monoisotopic (exact) mass is 653 g/mol. The third kappa shape index (κ3) is 30.2. The number of carbonyl (C=O) groups excluding carboxylic acids is 2. The Morgan fingerprint density at radius 1 is 0.370 bits per heavy atom. The van der Waals surface area contributed by atoms with Crippen LogP contribution in [-0.4, -0.2) is 34.2 Å². The minimum Gasteiger partial charge on any atom is -0.393 e. The topological polar surface area (TPSA) is 127 Å². The molecule has 46 heavy (non-hydrogen) atoms. The number of aliphatic hydroxyl groups is 2.